The van der Waals surface area contributed by atoms with Crippen molar-refractivity contribution >= 4 is 5.69 Å². The molecule has 1 fully saturated rings. The minimum absolute atomic E-state index is 0.180. The van der Waals surface area contributed by atoms with Gasteiger partial charge in [0.25, 0.3) is 0 Å². The van der Waals surface area contributed by atoms with Gasteiger partial charge in [0.05, 0.1) is 0 Å². The van der Waals surface area contributed by atoms with E-state index in [4.69, 9.17) is 4.74 Å². The van der Waals surface area contributed by atoms with E-state index in [1.165, 1.54) is 6.07 Å². The van der Waals surface area contributed by atoms with Gasteiger partial charge in [0.1, 0.15) is 5.82 Å². The van der Waals surface area contributed by atoms with Gasteiger partial charge in [-0.15, -0.1) is 0 Å². The van der Waals surface area contributed by atoms with Crippen LogP contribution in [0.5, 0.6) is 0 Å². The Kier molecular flexibility index (Phi) is 3.78. The Bertz CT molecular complexity index is 348. The maximum Gasteiger partial charge on any atom is 0.125 e. The summed E-state index contributed by atoms with van der Waals surface area (Å²) in [6.45, 7) is 4.61. The molecule has 88 valence electrons. The van der Waals surface area contributed by atoms with Gasteiger partial charge in [-0.3, -0.25) is 0 Å². The molecular formula is C13H18FNO. The Morgan fingerprint density at radius 2 is 2.12 bits per heavy atom. The fourth-order valence-corrected chi connectivity index (χ4v) is 1.99. The lowest BCUT2D eigenvalue weighted by Gasteiger charge is -2.23. The zero-order chi connectivity index (χ0) is 11.4. The molecular weight excluding hydrogens is 205 g/mol. The highest BCUT2D eigenvalue weighted by atomic mass is 19.1. The normalized spacial score (nSPS) is 17.4. The molecule has 16 heavy (non-hydrogen) atoms. The highest BCUT2D eigenvalue weighted by Crippen LogP contribution is 2.19. The van der Waals surface area contributed by atoms with Crippen LogP contribution in [-0.2, 0) is 4.74 Å². The van der Waals surface area contributed by atoms with Crippen molar-refractivity contribution in [2.24, 2.45) is 5.92 Å². The molecule has 1 aromatic rings. The molecule has 1 aliphatic rings. The second-order valence-corrected chi connectivity index (χ2v) is 4.40. The number of ether oxygens (including phenoxy) is 1. The molecule has 2 rings (SSSR count). The van der Waals surface area contributed by atoms with Gasteiger partial charge >= 0.3 is 0 Å². The molecule has 2 nitrogen and oxygen atoms in total. The van der Waals surface area contributed by atoms with Crippen LogP contribution in [0.15, 0.2) is 18.2 Å². The molecule has 1 aliphatic heterocycles. The number of rotatable bonds is 3. The maximum atomic E-state index is 13.1. The Balaban J connectivity index is 1.90. The van der Waals surface area contributed by atoms with E-state index < -0.39 is 0 Å². The van der Waals surface area contributed by atoms with Crippen LogP contribution in [0.25, 0.3) is 0 Å². The van der Waals surface area contributed by atoms with Crippen molar-refractivity contribution < 1.29 is 9.13 Å². The van der Waals surface area contributed by atoms with Crippen LogP contribution in [0.3, 0.4) is 0 Å². The van der Waals surface area contributed by atoms with Crippen molar-refractivity contribution in [3.05, 3.63) is 29.6 Å². The Labute approximate surface area is 95.8 Å². The van der Waals surface area contributed by atoms with E-state index in [0.29, 0.717) is 5.92 Å². The van der Waals surface area contributed by atoms with Crippen molar-refractivity contribution in [3.8, 4) is 0 Å². The highest BCUT2D eigenvalue weighted by Gasteiger charge is 2.13. The second-order valence-electron chi connectivity index (χ2n) is 4.40. The fraction of sp³-hybridized carbons (Fsp3) is 0.538. The first-order valence-corrected chi connectivity index (χ1v) is 5.83. The smallest absolute Gasteiger partial charge is 0.125 e. The summed E-state index contributed by atoms with van der Waals surface area (Å²) in [6, 6.07) is 4.87. The molecule has 0 aliphatic carbocycles. The van der Waals surface area contributed by atoms with Gasteiger partial charge in [-0.25, -0.2) is 4.39 Å². The molecule has 1 N–H and O–H groups in total. The number of nitrogens with one attached hydrogen (secondary N) is 1. The van der Waals surface area contributed by atoms with Gasteiger partial charge in [0.2, 0.25) is 0 Å². The van der Waals surface area contributed by atoms with E-state index in [9.17, 15) is 4.39 Å². The third-order valence-corrected chi connectivity index (χ3v) is 3.12. The summed E-state index contributed by atoms with van der Waals surface area (Å²) < 4.78 is 18.4. The predicted octanol–water partition coefficient (Wildman–Crippen LogP) is 2.97. The predicted molar refractivity (Wildman–Crippen MR) is 63.2 cm³/mol. The Morgan fingerprint density at radius 3 is 2.88 bits per heavy atom. The summed E-state index contributed by atoms with van der Waals surface area (Å²) in [6.07, 6.45) is 2.20. The first kappa shape index (κ1) is 11.4. The molecule has 1 saturated heterocycles. The van der Waals surface area contributed by atoms with Gasteiger partial charge in [0, 0.05) is 25.4 Å². The zero-order valence-electron chi connectivity index (χ0n) is 9.63. The van der Waals surface area contributed by atoms with Crippen molar-refractivity contribution in [2.45, 2.75) is 19.8 Å². The van der Waals surface area contributed by atoms with Crippen molar-refractivity contribution in [1.82, 2.24) is 0 Å². The van der Waals surface area contributed by atoms with Gasteiger partial charge in [0.15, 0.2) is 0 Å². The molecule has 3 heteroatoms. The SMILES string of the molecule is Cc1ccc(F)cc1NCC1CCOCC1. The molecule has 0 atom stereocenters. The first-order chi connectivity index (χ1) is 7.75. The van der Waals surface area contributed by atoms with Gasteiger partial charge in [-0.2, -0.15) is 0 Å². The van der Waals surface area contributed by atoms with E-state index in [0.717, 1.165) is 43.9 Å². The largest absolute Gasteiger partial charge is 0.384 e. The van der Waals surface area contributed by atoms with Crippen LogP contribution < -0.4 is 5.32 Å². The standard InChI is InChI=1S/C13H18FNO/c1-10-2-3-12(14)8-13(10)15-9-11-4-6-16-7-5-11/h2-3,8,11,15H,4-7,9H2,1H3. The van der Waals surface area contributed by atoms with Gasteiger partial charge in [-0.1, -0.05) is 6.07 Å². The summed E-state index contributed by atoms with van der Waals surface area (Å²) in [7, 11) is 0. The third kappa shape index (κ3) is 2.95. The van der Waals surface area contributed by atoms with Crippen LogP contribution >= 0.6 is 0 Å². The fourth-order valence-electron chi connectivity index (χ4n) is 1.99. The van der Waals surface area contributed by atoms with Gasteiger partial charge < -0.3 is 10.1 Å². The van der Waals surface area contributed by atoms with E-state index in [-0.39, 0.29) is 5.82 Å². The lowest BCUT2D eigenvalue weighted by molar-refractivity contribution is 0.0699. The first-order valence-electron chi connectivity index (χ1n) is 5.83. The number of hydrogen-bond acceptors (Lipinski definition) is 2. The van der Waals surface area contributed by atoms with E-state index in [1.54, 1.807) is 6.07 Å². The van der Waals surface area contributed by atoms with E-state index in [1.807, 2.05) is 13.0 Å². The van der Waals surface area contributed by atoms with E-state index in [2.05, 4.69) is 5.32 Å². The molecule has 1 aromatic carbocycles. The molecule has 0 aromatic heterocycles. The number of hydrogen-bond donors (Lipinski definition) is 1. The lowest BCUT2D eigenvalue weighted by atomic mass is 10.0. The molecule has 0 saturated carbocycles. The number of benzene rings is 1. The van der Waals surface area contributed by atoms with Crippen LogP contribution in [0, 0.1) is 18.7 Å². The second kappa shape index (κ2) is 5.30. The summed E-state index contributed by atoms with van der Waals surface area (Å²) >= 11 is 0. The average Bonchev–Trinajstić information content (AvgIpc) is 2.32. The minimum Gasteiger partial charge on any atom is -0.384 e. The number of halogens is 1. The van der Waals surface area contributed by atoms with Crippen LogP contribution in [0.4, 0.5) is 10.1 Å². The molecule has 0 radical (unpaired) electrons. The monoisotopic (exact) mass is 223 g/mol. The quantitative estimate of drug-likeness (QED) is 0.850. The summed E-state index contributed by atoms with van der Waals surface area (Å²) in [5.41, 5.74) is 2.00. The third-order valence-electron chi connectivity index (χ3n) is 3.12. The topological polar surface area (TPSA) is 21.3 Å². The van der Waals surface area contributed by atoms with Crippen LogP contribution in [0.1, 0.15) is 18.4 Å². The zero-order valence-corrected chi connectivity index (χ0v) is 9.63. The molecule has 0 amide bonds. The summed E-state index contributed by atoms with van der Waals surface area (Å²) in [5, 5.41) is 3.33. The highest BCUT2D eigenvalue weighted by molar-refractivity contribution is 5.50. The average molecular weight is 223 g/mol. The lowest BCUT2D eigenvalue weighted by Crippen LogP contribution is -2.22. The van der Waals surface area contributed by atoms with Crippen molar-refractivity contribution in [2.75, 3.05) is 25.1 Å². The Hall–Kier alpha value is -1.09. The molecule has 1 heterocycles. The maximum absolute atomic E-state index is 13.1. The van der Waals surface area contributed by atoms with Crippen LogP contribution in [0.2, 0.25) is 0 Å². The molecule has 0 spiro atoms. The van der Waals surface area contributed by atoms with Crippen molar-refractivity contribution in [1.29, 1.82) is 0 Å². The summed E-state index contributed by atoms with van der Waals surface area (Å²) in [5.74, 6) is 0.469. The number of aryl methyl sites for hydroxylation is 1. The van der Waals surface area contributed by atoms with Crippen LogP contribution in [-0.4, -0.2) is 19.8 Å². The molecule has 0 unspecified atom stereocenters. The van der Waals surface area contributed by atoms with Gasteiger partial charge in [-0.05, 0) is 43.4 Å². The summed E-state index contributed by atoms with van der Waals surface area (Å²) in [4.78, 5) is 0. The Morgan fingerprint density at radius 1 is 1.38 bits per heavy atom. The minimum atomic E-state index is -0.180. The molecule has 0 bridgehead atoms. The number of anilines is 1. The van der Waals surface area contributed by atoms with E-state index >= 15 is 0 Å². The van der Waals surface area contributed by atoms with Crippen molar-refractivity contribution in [3.63, 3.8) is 0 Å².